The number of aryl methyl sites for hydroxylation is 1. The molecule has 1 saturated heterocycles. The molecule has 2 fully saturated rings. The summed E-state index contributed by atoms with van der Waals surface area (Å²) in [5.74, 6) is 1.18. The number of hydrogen-bond donors (Lipinski definition) is 1. The molecule has 1 aliphatic heterocycles. The van der Waals surface area contributed by atoms with Gasteiger partial charge in [-0.05, 0) is 49.9 Å². The van der Waals surface area contributed by atoms with Crippen molar-refractivity contribution in [2.75, 3.05) is 25.5 Å². The van der Waals surface area contributed by atoms with Crippen molar-refractivity contribution in [3.05, 3.63) is 36.3 Å². The molecule has 11 heteroatoms. The van der Waals surface area contributed by atoms with Gasteiger partial charge >= 0.3 is 0 Å². The molecule has 2 atom stereocenters. The number of methoxy groups -OCH3 is 1. The number of hydrogen-bond acceptors (Lipinski definition) is 6. The van der Waals surface area contributed by atoms with Crippen LogP contribution in [0.2, 0.25) is 0 Å². The normalized spacial score (nSPS) is 21.1. The van der Waals surface area contributed by atoms with Crippen molar-refractivity contribution in [2.45, 2.75) is 57.4 Å². The van der Waals surface area contributed by atoms with Crippen LogP contribution in [-0.2, 0) is 6.54 Å². The molecule has 36 heavy (non-hydrogen) atoms. The van der Waals surface area contributed by atoms with Crippen molar-refractivity contribution in [2.24, 2.45) is 0 Å². The van der Waals surface area contributed by atoms with Crippen LogP contribution in [0.4, 0.5) is 19.1 Å². The van der Waals surface area contributed by atoms with Crippen molar-refractivity contribution < 1.29 is 17.9 Å². The molecule has 1 N–H and O–H groups in total. The molecule has 3 aromatic heterocycles. The predicted molar refractivity (Wildman–Crippen MR) is 131 cm³/mol. The lowest BCUT2D eigenvalue weighted by molar-refractivity contribution is 0.120. The fraction of sp³-hybridized carbons (Fsp3) is 0.480. The molecule has 190 valence electrons. The second-order valence-corrected chi connectivity index (χ2v) is 9.61. The third-order valence-corrected chi connectivity index (χ3v) is 7.19. The van der Waals surface area contributed by atoms with Gasteiger partial charge in [0.15, 0.2) is 0 Å². The standard InChI is InChI=1S/C25H28F3N7O/c1-14-29-20-6-3-15(11-21(20)34(14)13-22(27)28)17-7-10-35-23(17)24(36-2)31-25(32-35)30-19-8-9-33(12-18(19)26)16-4-5-16/h3,6-7,10-11,16,18-19,22H,4-5,8-9,12-13H2,1-2H3,(H,30,32)/t18-,19+/m1/s1. The lowest BCUT2D eigenvalue weighted by Crippen LogP contribution is -2.48. The molecule has 8 nitrogen and oxygen atoms in total. The first-order valence-corrected chi connectivity index (χ1v) is 12.2. The highest BCUT2D eigenvalue weighted by molar-refractivity contribution is 5.89. The number of piperidine rings is 1. The lowest BCUT2D eigenvalue weighted by Gasteiger charge is -2.35. The minimum atomic E-state index is -2.48. The Morgan fingerprint density at radius 1 is 1.17 bits per heavy atom. The number of fused-ring (bicyclic) bond motifs is 2. The molecule has 2 aliphatic rings. The SMILES string of the molecule is COc1nc(N[C@H]2CCN(C3CC3)C[C@H]2F)nn2ccc(-c3ccc4nc(C)n(CC(F)F)c4c3)c12. The first kappa shape index (κ1) is 23.1. The number of likely N-dealkylation sites (tertiary alicyclic amines) is 1. The first-order valence-electron chi connectivity index (χ1n) is 12.2. The van der Waals surface area contributed by atoms with Crippen LogP contribution in [0.25, 0.3) is 27.7 Å². The summed E-state index contributed by atoms with van der Waals surface area (Å²) >= 11 is 0. The Morgan fingerprint density at radius 2 is 2.00 bits per heavy atom. The third kappa shape index (κ3) is 4.15. The van der Waals surface area contributed by atoms with E-state index in [1.54, 1.807) is 17.6 Å². The fourth-order valence-electron chi connectivity index (χ4n) is 5.24. The molecule has 0 radical (unpaired) electrons. The van der Waals surface area contributed by atoms with E-state index in [1.807, 2.05) is 24.3 Å². The van der Waals surface area contributed by atoms with Gasteiger partial charge in [-0.1, -0.05) is 6.07 Å². The number of anilines is 1. The summed E-state index contributed by atoms with van der Waals surface area (Å²) in [6, 6.07) is 7.63. The van der Waals surface area contributed by atoms with Gasteiger partial charge in [0, 0.05) is 30.9 Å². The lowest BCUT2D eigenvalue weighted by atomic mass is 10.0. The van der Waals surface area contributed by atoms with Crippen molar-refractivity contribution in [3.63, 3.8) is 0 Å². The van der Waals surface area contributed by atoms with Crippen LogP contribution in [0.1, 0.15) is 25.1 Å². The van der Waals surface area contributed by atoms with Crippen LogP contribution in [0.15, 0.2) is 30.5 Å². The number of rotatable bonds is 7. The molecule has 1 saturated carbocycles. The molecular weight excluding hydrogens is 471 g/mol. The summed E-state index contributed by atoms with van der Waals surface area (Å²) < 4.78 is 50.0. The Hall–Kier alpha value is -3.34. The number of aromatic nitrogens is 5. The third-order valence-electron chi connectivity index (χ3n) is 7.19. The van der Waals surface area contributed by atoms with Gasteiger partial charge in [0.2, 0.25) is 11.8 Å². The van der Waals surface area contributed by atoms with Gasteiger partial charge < -0.3 is 14.6 Å². The molecular formula is C25H28F3N7O. The van der Waals surface area contributed by atoms with E-state index in [-0.39, 0.29) is 6.04 Å². The van der Waals surface area contributed by atoms with Crippen molar-refractivity contribution in [1.82, 2.24) is 29.0 Å². The maximum atomic E-state index is 14.9. The van der Waals surface area contributed by atoms with Gasteiger partial charge in [-0.3, -0.25) is 4.90 Å². The highest BCUT2D eigenvalue weighted by Gasteiger charge is 2.37. The minimum absolute atomic E-state index is 0.301. The zero-order chi connectivity index (χ0) is 25.0. The second-order valence-electron chi connectivity index (χ2n) is 9.61. The van der Waals surface area contributed by atoms with Crippen LogP contribution in [-0.4, -0.2) is 73.9 Å². The summed E-state index contributed by atoms with van der Waals surface area (Å²) in [7, 11) is 1.53. The number of alkyl halides is 3. The fourth-order valence-corrected chi connectivity index (χ4v) is 5.24. The maximum absolute atomic E-state index is 14.9. The van der Waals surface area contributed by atoms with Gasteiger partial charge in [0.25, 0.3) is 6.43 Å². The largest absolute Gasteiger partial charge is 0.479 e. The molecule has 0 unspecified atom stereocenters. The first-order chi connectivity index (χ1) is 17.4. The summed E-state index contributed by atoms with van der Waals surface area (Å²) in [6.07, 6.45) is 1.32. The molecule has 6 rings (SSSR count). The monoisotopic (exact) mass is 499 g/mol. The zero-order valence-electron chi connectivity index (χ0n) is 20.2. The minimum Gasteiger partial charge on any atom is -0.479 e. The topological polar surface area (TPSA) is 72.5 Å². The number of ether oxygens (including phenoxy) is 1. The molecule has 0 bridgehead atoms. The predicted octanol–water partition coefficient (Wildman–Crippen LogP) is 4.31. The molecule has 4 heterocycles. The highest BCUT2D eigenvalue weighted by Crippen LogP contribution is 2.34. The Balaban J connectivity index is 1.32. The van der Waals surface area contributed by atoms with Gasteiger partial charge in [0.05, 0.1) is 30.7 Å². The van der Waals surface area contributed by atoms with Crippen LogP contribution in [0.5, 0.6) is 5.88 Å². The van der Waals surface area contributed by atoms with E-state index in [9.17, 15) is 13.2 Å². The average molecular weight is 500 g/mol. The van der Waals surface area contributed by atoms with E-state index in [4.69, 9.17) is 4.74 Å². The molecule has 1 aliphatic carbocycles. The number of nitrogens with one attached hydrogen (secondary N) is 1. The average Bonchev–Trinajstić information content (AvgIpc) is 3.55. The molecule has 4 aromatic rings. The van der Waals surface area contributed by atoms with Gasteiger partial charge in [-0.25, -0.2) is 22.7 Å². The number of nitrogens with zero attached hydrogens (tertiary/aromatic N) is 6. The van der Waals surface area contributed by atoms with E-state index >= 15 is 0 Å². The van der Waals surface area contributed by atoms with E-state index in [0.717, 1.165) is 17.7 Å². The molecule has 0 spiro atoms. The van der Waals surface area contributed by atoms with E-state index in [1.165, 1.54) is 24.5 Å². The molecule has 1 aromatic carbocycles. The molecule has 0 amide bonds. The highest BCUT2D eigenvalue weighted by atomic mass is 19.3. The Morgan fingerprint density at radius 3 is 2.72 bits per heavy atom. The van der Waals surface area contributed by atoms with Crippen LogP contribution in [0.3, 0.4) is 0 Å². The van der Waals surface area contributed by atoms with Crippen molar-refractivity contribution >= 4 is 22.5 Å². The maximum Gasteiger partial charge on any atom is 0.256 e. The van der Waals surface area contributed by atoms with Crippen LogP contribution < -0.4 is 10.1 Å². The van der Waals surface area contributed by atoms with E-state index < -0.39 is 19.1 Å². The van der Waals surface area contributed by atoms with E-state index in [2.05, 4.69) is 25.3 Å². The van der Waals surface area contributed by atoms with Crippen molar-refractivity contribution in [1.29, 1.82) is 0 Å². The zero-order valence-corrected chi connectivity index (χ0v) is 20.2. The van der Waals surface area contributed by atoms with Crippen molar-refractivity contribution in [3.8, 4) is 17.0 Å². The van der Waals surface area contributed by atoms with Gasteiger partial charge in [0.1, 0.15) is 17.5 Å². The van der Waals surface area contributed by atoms with Crippen LogP contribution in [0, 0.1) is 6.92 Å². The second kappa shape index (κ2) is 8.95. The summed E-state index contributed by atoms with van der Waals surface area (Å²) in [5, 5.41) is 7.74. The summed E-state index contributed by atoms with van der Waals surface area (Å²) in [6.45, 7) is 2.59. The summed E-state index contributed by atoms with van der Waals surface area (Å²) in [5.41, 5.74) is 3.53. The van der Waals surface area contributed by atoms with Crippen LogP contribution >= 0.6 is 0 Å². The Labute approximate surface area is 206 Å². The number of imidazole rings is 1. The van der Waals surface area contributed by atoms with Gasteiger partial charge in [-0.15, -0.1) is 5.10 Å². The van der Waals surface area contributed by atoms with Gasteiger partial charge in [-0.2, -0.15) is 4.98 Å². The number of halogens is 3. The number of benzene rings is 1. The van der Waals surface area contributed by atoms with E-state index in [0.29, 0.717) is 53.2 Å². The smallest absolute Gasteiger partial charge is 0.256 e. The summed E-state index contributed by atoms with van der Waals surface area (Å²) in [4.78, 5) is 11.2. The Kier molecular flexibility index (Phi) is 5.74. The Bertz CT molecular complexity index is 1410. The quantitative estimate of drug-likeness (QED) is 0.409.